The van der Waals surface area contributed by atoms with Crippen molar-refractivity contribution < 1.29 is 4.79 Å². The molecule has 2 N–H and O–H groups in total. The molecule has 0 radical (unpaired) electrons. The van der Waals surface area contributed by atoms with Crippen molar-refractivity contribution in [2.75, 3.05) is 13.1 Å². The summed E-state index contributed by atoms with van der Waals surface area (Å²) < 4.78 is 0. The lowest BCUT2D eigenvalue weighted by atomic mass is 10.1. The quantitative estimate of drug-likeness (QED) is 0.0513. The first-order valence-electron chi connectivity index (χ1n) is 21.7. The Morgan fingerprint density at radius 1 is 0.320 bits per heavy atom. The maximum Gasteiger partial charge on any atom is 0.314 e. The predicted octanol–water partition coefficient (Wildman–Crippen LogP) is 13.6. The number of carbonyl (C=O) groups excluding carboxylic acids is 1. The van der Waals surface area contributed by atoms with E-state index in [1.807, 2.05) is 0 Å². The van der Waals surface area contributed by atoms with Gasteiger partial charge >= 0.3 is 6.03 Å². The highest BCUT2D eigenvalue weighted by Crippen LogP contribution is 2.12. The standard InChI is InChI=1S/C47H80N2O/c1-3-5-7-9-11-13-15-17-19-21-23-25-27-29-31-33-35-37-39-41-43-45-48-47(50)49-46-44-42-40-38-36-34-32-30-28-26-24-22-20-18-16-14-12-10-8-6-4-2/h3-24,33-46H2,1-2H3,(H2,48,49,50). The molecule has 0 aromatic carbocycles. The molecule has 284 valence electrons. The highest BCUT2D eigenvalue weighted by molar-refractivity contribution is 5.73. The van der Waals surface area contributed by atoms with Gasteiger partial charge in [0, 0.05) is 38.8 Å². The van der Waals surface area contributed by atoms with E-state index in [1.165, 1.54) is 154 Å². The molecule has 0 saturated carbocycles. The van der Waals surface area contributed by atoms with E-state index in [0.29, 0.717) is 0 Å². The summed E-state index contributed by atoms with van der Waals surface area (Å²) in [5.41, 5.74) is 0. The van der Waals surface area contributed by atoms with Gasteiger partial charge in [-0.2, -0.15) is 0 Å². The molecule has 0 aliphatic rings. The zero-order valence-electron chi connectivity index (χ0n) is 33.4. The van der Waals surface area contributed by atoms with E-state index in [0.717, 1.165) is 77.3 Å². The van der Waals surface area contributed by atoms with Crippen molar-refractivity contribution in [3.63, 3.8) is 0 Å². The fourth-order valence-electron chi connectivity index (χ4n) is 6.03. The third-order valence-corrected chi connectivity index (χ3v) is 9.32. The molecule has 2 amide bonds. The molecule has 3 nitrogen and oxygen atoms in total. The van der Waals surface area contributed by atoms with Crippen LogP contribution in [0.5, 0.6) is 0 Å². The summed E-state index contributed by atoms with van der Waals surface area (Å²) in [6, 6.07) is -0.0286. The van der Waals surface area contributed by atoms with Crippen molar-refractivity contribution in [1.29, 1.82) is 0 Å². The summed E-state index contributed by atoms with van der Waals surface area (Å²) in [4.78, 5) is 12.0. The SMILES string of the molecule is CCCCCCCCCCCCC#CC#CCCCCCCCNC(=O)NCCCCCCCC#CC#CCCCCCCCCCCCC. The van der Waals surface area contributed by atoms with Crippen molar-refractivity contribution in [1.82, 2.24) is 10.6 Å². The van der Waals surface area contributed by atoms with Gasteiger partial charge in [0.1, 0.15) is 0 Å². The van der Waals surface area contributed by atoms with Gasteiger partial charge in [-0.15, -0.1) is 0 Å². The van der Waals surface area contributed by atoms with Gasteiger partial charge in [0.25, 0.3) is 0 Å². The predicted molar refractivity (Wildman–Crippen MR) is 221 cm³/mol. The van der Waals surface area contributed by atoms with Gasteiger partial charge in [0.2, 0.25) is 0 Å². The van der Waals surface area contributed by atoms with E-state index in [9.17, 15) is 4.79 Å². The van der Waals surface area contributed by atoms with E-state index in [1.54, 1.807) is 0 Å². The highest BCUT2D eigenvalue weighted by Gasteiger charge is 1.99. The van der Waals surface area contributed by atoms with E-state index in [2.05, 4.69) is 71.8 Å². The second kappa shape index (κ2) is 44.5. The molecule has 3 heteroatoms. The lowest BCUT2D eigenvalue weighted by Gasteiger charge is -2.07. The van der Waals surface area contributed by atoms with Gasteiger partial charge in [-0.3, -0.25) is 0 Å². The van der Waals surface area contributed by atoms with Crippen molar-refractivity contribution in [2.24, 2.45) is 0 Å². The van der Waals surface area contributed by atoms with Crippen molar-refractivity contribution in [3.8, 4) is 47.4 Å². The summed E-state index contributed by atoms with van der Waals surface area (Å²) in [7, 11) is 0. The summed E-state index contributed by atoms with van der Waals surface area (Å²) in [5, 5.41) is 5.99. The Morgan fingerprint density at radius 2 is 0.540 bits per heavy atom. The topological polar surface area (TPSA) is 41.1 Å². The molecule has 50 heavy (non-hydrogen) atoms. The Kier molecular flexibility index (Phi) is 42.3. The highest BCUT2D eigenvalue weighted by atomic mass is 16.2. The number of nitrogens with one attached hydrogen (secondary N) is 2. The second-order valence-electron chi connectivity index (χ2n) is 14.3. The molecular weight excluding hydrogens is 609 g/mol. The molecule has 0 spiro atoms. The van der Waals surface area contributed by atoms with E-state index in [-0.39, 0.29) is 6.03 Å². The van der Waals surface area contributed by atoms with Crippen LogP contribution in [0.15, 0.2) is 0 Å². The second-order valence-corrected chi connectivity index (χ2v) is 14.3. The smallest absolute Gasteiger partial charge is 0.314 e. The van der Waals surface area contributed by atoms with Crippen LogP contribution >= 0.6 is 0 Å². The molecule has 0 atom stereocenters. The van der Waals surface area contributed by atoms with Gasteiger partial charge in [0.05, 0.1) is 0 Å². The van der Waals surface area contributed by atoms with Crippen molar-refractivity contribution in [2.45, 2.75) is 232 Å². The number of urea groups is 1. The number of hydrogen-bond donors (Lipinski definition) is 2. The van der Waals surface area contributed by atoms with E-state index < -0.39 is 0 Å². The van der Waals surface area contributed by atoms with E-state index >= 15 is 0 Å². The first kappa shape index (κ1) is 47.5. The molecule has 0 aromatic heterocycles. The van der Waals surface area contributed by atoms with Crippen LogP contribution in [0.2, 0.25) is 0 Å². The Balaban J connectivity index is 3.36. The van der Waals surface area contributed by atoms with Crippen LogP contribution in [0.1, 0.15) is 232 Å². The molecule has 0 aromatic rings. The van der Waals surface area contributed by atoms with Gasteiger partial charge in [0.15, 0.2) is 0 Å². The average Bonchev–Trinajstić information content (AvgIpc) is 3.12. The third kappa shape index (κ3) is 43.5. The fraction of sp³-hybridized carbons (Fsp3) is 0.809. The minimum atomic E-state index is -0.0286. The number of unbranched alkanes of at least 4 members (excludes halogenated alkanes) is 30. The van der Waals surface area contributed by atoms with Gasteiger partial charge in [-0.05, 0) is 62.2 Å². The minimum Gasteiger partial charge on any atom is -0.338 e. The largest absolute Gasteiger partial charge is 0.338 e. The third-order valence-electron chi connectivity index (χ3n) is 9.32. The molecule has 0 fully saturated rings. The summed E-state index contributed by atoms with van der Waals surface area (Å²) in [6.07, 6.45) is 42.7. The lowest BCUT2D eigenvalue weighted by Crippen LogP contribution is -2.36. The van der Waals surface area contributed by atoms with Gasteiger partial charge < -0.3 is 10.6 Å². The van der Waals surface area contributed by atoms with E-state index in [4.69, 9.17) is 0 Å². The van der Waals surface area contributed by atoms with Crippen LogP contribution in [-0.2, 0) is 0 Å². The fourth-order valence-corrected chi connectivity index (χ4v) is 6.03. The van der Waals surface area contributed by atoms with Crippen molar-refractivity contribution in [3.05, 3.63) is 0 Å². The molecule has 0 aliphatic carbocycles. The molecule has 0 saturated heterocycles. The minimum absolute atomic E-state index is 0.0286. The van der Waals surface area contributed by atoms with Crippen LogP contribution in [0.25, 0.3) is 0 Å². The average molecular weight is 689 g/mol. The number of hydrogen-bond acceptors (Lipinski definition) is 1. The molecule has 0 rings (SSSR count). The Hall–Kier alpha value is -2.49. The first-order valence-corrected chi connectivity index (χ1v) is 21.7. The van der Waals surface area contributed by atoms with Crippen LogP contribution in [0.4, 0.5) is 4.79 Å². The zero-order chi connectivity index (χ0) is 36.1. The monoisotopic (exact) mass is 689 g/mol. The normalized spacial score (nSPS) is 10.1. The Labute approximate surface area is 313 Å². The lowest BCUT2D eigenvalue weighted by molar-refractivity contribution is 0.240. The van der Waals surface area contributed by atoms with Crippen LogP contribution in [0.3, 0.4) is 0 Å². The number of carbonyl (C=O) groups is 1. The number of rotatable bonds is 34. The summed E-state index contributed by atoms with van der Waals surface area (Å²) in [6.45, 7) is 6.07. The van der Waals surface area contributed by atoms with Crippen LogP contribution < -0.4 is 10.6 Å². The molecule has 0 unspecified atom stereocenters. The first-order chi connectivity index (χ1) is 24.8. The molecule has 0 bridgehead atoms. The number of amides is 2. The maximum absolute atomic E-state index is 12.0. The van der Waals surface area contributed by atoms with Crippen LogP contribution in [-0.4, -0.2) is 19.1 Å². The summed E-state index contributed by atoms with van der Waals surface area (Å²) in [5.74, 6) is 25.0. The molecule has 0 heterocycles. The Bertz CT molecular complexity index is 892. The van der Waals surface area contributed by atoms with Crippen LogP contribution in [0, 0.1) is 47.4 Å². The van der Waals surface area contributed by atoms with Gasteiger partial charge in [-0.25, -0.2) is 4.79 Å². The van der Waals surface area contributed by atoms with Gasteiger partial charge in [-0.1, -0.05) is 192 Å². The Morgan fingerprint density at radius 3 is 0.800 bits per heavy atom. The molecular formula is C47H80N2O. The zero-order valence-corrected chi connectivity index (χ0v) is 33.4. The van der Waals surface area contributed by atoms with Crippen molar-refractivity contribution >= 4 is 6.03 Å². The molecule has 0 aliphatic heterocycles. The maximum atomic E-state index is 12.0. The summed E-state index contributed by atoms with van der Waals surface area (Å²) >= 11 is 0.